The number of carbonyl (C=O) groups is 1. The van der Waals surface area contributed by atoms with Crippen molar-refractivity contribution in [1.29, 1.82) is 0 Å². The van der Waals surface area contributed by atoms with Crippen molar-refractivity contribution in [3.63, 3.8) is 0 Å². The van der Waals surface area contributed by atoms with E-state index in [0.29, 0.717) is 17.9 Å². The number of anilines is 1. The zero-order valence-corrected chi connectivity index (χ0v) is 12.6. The number of aromatic nitrogens is 3. The Morgan fingerprint density at radius 2 is 2.10 bits per heavy atom. The van der Waals surface area contributed by atoms with Gasteiger partial charge in [0.15, 0.2) is 5.82 Å². The number of benzene rings is 1. The molecular weight excluding hydrogens is 266 g/mol. The first-order valence-electron chi connectivity index (χ1n) is 7.01. The van der Waals surface area contributed by atoms with Crippen LogP contribution in [-0.4, -0.2) is 27.1 Å². The van der Waals surface area contributed by atoms with Gasteiger partial charge in [0.2, 0.25) is 5.91 Å². The first-order chi connectivity index (χ1) is 9.97. The fraction of sp³-hybridized carbons (Fsp3) is 0.400. The molecule has 6 nitrogen and oxygen atoms in total. The Balaban J connectivity index is 2.16. The van der Waals surface area contributed by atoms with Crippen LogP contribution in [0, 0.1) is 12.8 Å². The molecule has 1 heterocycles. The Bertz CT molecular complexity index is 620. The Labute approximate surface area is 124 Å². The molecule has 0 aliphatic rings. The smallest absolute Gasteiger partial charge is 0.225 e. The van der Waals surface area contributed by atoms with Crippen LogP contribution in [-0.2, 0) is 4.79 Å². The molecule has 1 amide bonds. The van der Waals surface area contributed by atoms with Gasteiger partial charge in [-0.3, -0.25) is 9.89 Å². The highest BCUT2D eigenvalue weighted by Crippen LogP contribution is 2.25. The molecule has 2 rings (SSSR count). The van der Waals surface area contributed by atoms with Crippen molar-refractivity contribution < 1.29 is 4.79 Å². The average molecular weight is 287 g/mol. The summed E-state index contributed by atoms with van der Waals surface area (Å²) in [6.45, 7) is 5.84. The molecule has 0 aliphatic carbocycles. The highest BCUT2D eigenvalue weighted by atomic mass is 16.1. The minimum Gasteiger partial charge on any atom is -0.327 e. The third-order valence-corrected chi connectivity index (χ3v) is 3.32. The predicted octanol–water partition coefficient (Wildman–Crippen LogP) is 2.09. The van der Waals surface area contributed by atoms with Crippen LogP contribution in [0.5, 0.6) is 0 Å². The number of hydrogen-bond donors (Lipinski definition) is 3. The lowest BCUT2D eigenvalue weighted by atomic mass is 10.0. The number of amides is 1. The van der Waals surface area contributed by atoms with Gasteiger partial charge in [0.1, 0.15) is 5.82 Å². The fourth-order valence-corrected chi connectivity index (χ4v) is 1.90. The summed E-state index contributed by atoms with van der Waals surface area (Å²) in [6.07, 6.45) is 0.291. The summed E-state index contributed by atoms with van der Waals surface area (Å²) in [4.78, 5) is 16.4. The molecule has 2 aromatic rings. The van der Waals surface area contributed by atoms with Crippen molar-refractivity contribution in [2.24, 2.45) is 11.7 Å². The van der Waals surface area contributed by atoms with Crippen LogP contribution in [0.2, 0.25) is 0 Å². The molecule has 0 aliphatic heterocycles. The summed E-state index contributed by atoms with van der Waals surface area (Å²) >= 11 is 0. The lowest BCUT2D eigenvalue weighted by molar-refractivity contribution is -0.116. The van der Waals surface area contributed by atoms with Crippen LogP contribution in [0.25, 0.3) is 11.4 Å². The van der Waals surface area contributed by atoms with Crippen molar-refractivity contribution in [2.45, 2.75) is 33.2 Å². The molecule has 0 saturated carbocycles. The van der Waals surface area contributed by atoms with E-state index in [2.05, 4.69) is 20.5 Å². The lowest BCUT2D eigenvalue weighted by Crippen LogP contribution is -2.31. The van der Waals surface area contributed by atoms with E-state index in [-0.39, 0.29) is 17.9 Å². The second-order valence-electron chi connectivity index (χ2n) is 5.45. The van der Waals surface area contributed by atoms with E-state index in [0.717, 1.165) is 11.4 Å². The van der Waals surface area contributed by atoms with E-state index in [9.17, 15) is 4.79 Å². The molecule has 1 unspecified atom stereocenters. The van der Waals surface area contributed by atoms with Gasteiger partial charge in [-0.05, 0) is 25.0 Å². The van der Waals surface area contributed by atoms with Gasteiger partial charge >= 0.3 is 0 Å². The monoisotopic (exact) mass is 287 g/mol. The van der Waals surface area contributed by atoms with Crippen molar-refractivity contribution >= 4 is 11.6 Å². The maximum absolute atomic E-state index is 12.1. The van der Waals surface area contributed by atoms with Crippen LogP contribution >= 0.6 is 0 Å². The van der Waals surface area contributed by atoms with E-state index in [1.54, 1.807) is 0 Å². The standard InChI is InChI=1S/C15H21N5O/c1-9(2)12(16)8-14(21)18-13-7-5-4-6-11(13)15-17-10(3)19-20-15/h4-7,9,12H,8,16H2,1-3H3,(H,18,21)(H,17,19,20). The van der Waals surface area contributed by atoms with Gasteiger partial charge in [0.05, 0.1) is 5.69 Å². The second kappa shape index (κ2) is 6.49. The SMILES string of the molecule is Cc1nc(-c2ccccc2NC(=O)CC(N)C(C)C)n[nH]1. The van der Waals surface area contributed by atoms with E-state index >= 15 is 0 Å². The molecular formula is C15H21N5O. The Hall–Kier alpha value is -2.21. The zero-order valence-electron chi connectivity index (χ0n) is 12.6. The number of nitrogens with zero attached hydrogens (tertiary/aromatic N) is 2. The van der Waals surface area contributed by atoms with Crippen molar-refractivity contribution in [1.82, 2.24) is 15.2 Å². The maximum atomic E-state index is 12.1. The van der Waals surface area contributed by atoms with E-state index in [1.807, 2.05) is 45.0 Å². The van der Waals surface area contributed by atoms with Gasteiger partial charge in [0.25, 0.3) is 0 Å². The molecule has 4 N–H and O–H groups in total. The average Bonchev–Trinajstić information content (AvgIpc) is 2.85. The van der Waals surface area contributed by atoms with E-state index in [1.165, 1.54) is 0 Å². The van der Waals surface area contributed by atoms with Gasteiger partial charge in [-0.25, -0.2) is 4.98 Å². The van der Waals surface area contributed by atoms with Gasteiger partial charge in [-0.2, -0.15) is 5.10 Å². The molecule has 0 fully saturated rings. The number of H-pyrrole nitrogens is 1. The van der Waals surface area contributed by atoms with Crippen LogP contribution in [0.3, 0.4) is 0 Å². The Morgan fingerprint density at radius 3 is 2.71 bits per heavy atom. The number of nitrogens with two attached hydrogens (primary N) is 1. The number of aromatic amines is 1. The Morgan fingerprint density at radius 1 is 1.38 bits per heavy atom. The third kappa shape index (κ3) is 3.88. The van der Waals surface area contributed by atoms with Crippen LogP contribution < -0.4 is 11.1 Å². The number of para-hydroxylation sites is 1. The molecule has 112 valence electrons. The first-order valence-corrected chi connectivity index (χ1v) is 7.01. The van der Waals surface area contributed by atoms with Crippen molar-refractivity contribution in [3.05, 3.63) is 30.1 Å². The van der Waals surface area contributed by atoms with Crippen LogP contribution in [0.1, 0.15) is 26.1 Å². The maximum Gasteiger partial charge on any atom is 0.225 e. The summed E-state index contributed by atoms with van der Waals surface area (Å²) in [5.41, 5.74) is 7.41. The van der Waals surface area contributed by atoms with Gasteiger partial charge in [0, 0.05) is 18.0 Å². The molecule has 0 saturated heterocycles. The molecule has 0 bridgehead atoms. The highest BCUT2D eigenvalue weighted by molar-refractivity contribution is 5.95. The second-order valence-corrected chi connectivity index (χ2v) is 5.45. The van der Waals surface area contributed by atoms with Crippen molar-refractivity contribution in [2.75, 3.05) is 5.32 Å². The minimum absolute atomic E-state index is 0.101. The molecule has 21 heavy (non-hydrogen) atoms. The van der Waals surface area contributed by atoms with Crippen LogP contribution in [0.4, 0.5) is 5.69 Å². The number of carbonyl (C=O) groups excluding carboxylic acids is 1. The summed E-state index contributed by atoms with van der Waals surface area (Å²) in [5, 5.41) is 9.82. The molecule has 0 spiro atoms. The Kier molecular flexibility index (Phi) is 4.70. The molecule has 6 heteroatoms. The highest BCUT2D eigenvalue weighted by Gasteiger charge is 2.15. The molecule has 1 aromatic carbocycles. The van der Waals surface area contributed by atoms with E-state index < -0.39 is 0 Å². The molecule has 1 atom stereocenters. The van der Waals surface area contributed by atoms with Gasteiger partial charge < -0.3 is 11.1 Å². The topological polar surface area (TPSA) is 96.7 Å². The number of rotatable bonds is 5. The number of nitrogens with one attached hydrogen (secondary N) is 2. The summed E-state index contributed by atoms with van der Waals surface area (Å²) < 4.78 is 0. The lowest BCUT2D eigenvalue weighted by Gasteiger charge is -2.15. The molecule has 1 aromatic heterocycles. The van der Waals surface area contributed by atoms with Gasteiger partial charge in [-0.1, -0.05) is 26.0 Å². The van der Waals surface area contributed by atoms with Gasteiger partial charge in [-0.15, -0.1) is 0 Å². The largest absolute Gasteiger partial charge is 0.327 e. The first kappa shape index (κ1) is 15.2. The number of aryl methyl sites for hydroxylation is 1. The zero-order chi connectivity index (χ0) is 15.4. The van der Waals surface area contributed by atoms with Crippen molar-refractivity contribution in [3.8, 4) is 11.4 Å². The predicted molar refractivity (Wildman–Crippen MR) is 82.6 cm³/mol. The molecule has 0 radical (unpaired) electrons. The summed E-state index contributed by atoms with van der Waals surface area (Å²) in [7, 11) is 0. The van der Waals surface area contributed by atoms with E-state index in [4.69, 9.17) is 5.73 Å². The summed E-state index contributed by atoms with van der Waals surface area (Å²) in [6, 6.07) is 7.31. The number of hydrogen-bond acceptors (Lipinski definition) is 4. The third-order valence-electron chi connectivity index (χ3n) is 3.32. The normalized spacial score (nSPS) is 12.4. The minimum atomic E-state index is -0.150. The van der Waals surface area contributed by atoms with Crippen LogP contribution in [0.15, 0.2) is 24.3 Å². The fourth-order valence-electron chi connectivity index (χ4n) is 1.90. The quantitative estimate of drug-likeness (QED) is 0.784. The summed E-state index contributed by atoms with van der Waals surface area (Å²) in [5.74, 6) is 1.46.